The summed E-state index contributed by atoms with van der Waals surface area (Å²) in [4.78, 5) is 20.7. The third-order valence-corrected chi connectivity index (χ3v) is 1.38. The van der Waals surface area contributed by atoms with E-state index in [0.29, 0.717) is 6.54 Å². The first-order valence-corrected chi connectivity index (χ1v) is 4.29. The van der Waals surface area contributed by atoms with Crippen LogP contribution in [-0.2, 0) is 9.53 Å². The monoisotopic (exact) mass is 189 g/mol. The topological polar surface area (TPSA) is 75.6 Å². The summed E-state index contributed by atoms with van der Waals surface area (Å²) in [6.07, 6.45) is 2.34. The number of amides is 1. The van der Waals surface area contributed by atoms with Crippen LogP contribution in [0, 0.1) is 0 Å². The van der Waals surface area contributed by atoms with Crippen LogP contribution < -0.4 is 5.32 Å². The molecule has 0 radical (unpaired) electrons. The molecule has 0 saturated carbocycles. The largest absolute Gasteiger partial charge is 0.479 e. The van der Waals surface area contributed by atoms with E-state index in [2.05, 4.69) is 17.0 Å². The summed E-state index contributed by atoms with van der Waals surface area (Å²) < 4.78 is 4.33. The number of carbonyl (C=O) groups excluding carboxylic acids is 1. The van der Waals surface area contributed by atoms with Crippen molar-refractivity contribution in [1.82, 2.24) is 5.32 Å². The van der Waals surface area contributed by atoms with Crippen molar-refractivity contribution in [1.29, 1.82) is 0 Å². The maximum absolute atomic E-state index is 10.7. The van der Waals surface area contributed by atoms with Crippen LogP contribution in [0.5, 0.6) is 0 Å². The van der Waals surface area contributed by atoms with Gasteiger partial charge in [-0.3, -0.25) is 0 Å². The maximum Gasteiger partial charge on any atom is 0.407 e. The average molecular weight is 189 g/mol. The van der Waals surface area contributed by atoms with Crippen molar-refractivity contribution in [3.8, 4) is 0 Å². The molecular weight excluding hydrogens is 174 g/mol. The van der Waals surface area contributed by atoms with Crippen molar-refractivity contribution in [2.75, 3.05) is 13.2 Å². The highest BCUT2D eigenvalue weighted by Gasteiger charge is 2.03. The van der Waals surface area contributed by atoms with Gasteiger partial charge in [-0.15, -0.1) is 0 Å². The highest BCUT2D eigenvalue weighted by atomic mass is 16.6. The number of unbranched alkanes of at least 4 members (excludes halogenated alkanes) is 2. The zero-order valence-corrected chi connectivity index (χ0v) is 7.71. The second-order valence-electron chi connectivity index (χ2n) is 2.60. The van der Waals surface area contributed by atoms with Crippen molar-refractivity contribution in [3.63, 3.8) is 0 Å². The first-order chi connectivity index (χ1) is 6.16. The van der Waals surface area contributed by atoms with Gasteiger partial charge in [-0.25, -0.2) is 9.59 Å². The molecule has 0 saturated heterocycles. The molecule has 5 nitrogen and oxygen atoms in total. The van der Waals surface area contributed by atoms with Crippen molar-refractivity contribution in [2.24, 2.45) is 0 Å². The van der Waals surface area contributed by atoms with Gasteiger partial charge in [-0.1, -0.05) is 19.8 Å². The number of hydrogen-bond acceptors (Lipinski definition) is 3. The summed E-state index contributed by atoms with van der Waals surface area (Å²) in [6, 6.07) is 0. The molecule has 0 aromatic heterocycles. The highest BCUT2D eigenvalue weighted by Crippen LogP contribution is 1.91. The number of ether oxygens (including phenoxy) is 1. The minimum atomic E-state index is -1.15. The Labute approximate surface area is 77.1 Å². The molecule has 0 spiro atoms. The minimum absolute atomic E-state index is 0.534. The molecule has 1 amide bonds. The Bertz CT molecular complexity index is 170. The number of aliphatic carboxylic acids is 1. The number of hydrogen-bond donors (Lipinski definition) is 2. The molecule has 13 heavy (non-hydrogen) atoms. The van der Waals surface area contributed by atoms with Gasteiger partial charge >= 0.3 is 12.1 Å². The van der Waals surface area contributed by atoms with Gasteiger partial charge in [0.25, 0.3) is 0 Å². The van der Waals surface area contributed by atoms with Gasteiger partial charge in [0.2, 0.25) is 0 Å². The molecule has 76 valence electrons. The van der Waals surface area contributed by atoms with Crippen LogP contribution in [0.4, 0.5) is 4.79 Å². The van der Waals surface area contributed by atoms with Gasteiger partial charge in [0.15, 0.2) is 6.61 Å². The quantitative estimate of drug-likeness (QED) is 0.611. The number of carboxylic acids is 1. The van der Waals surface area contributed by atoms with Gasteiger partial charge in [0.1, 0.15) is 0 Å². The van der Waals surface area contributed by atoms with E-state index >= 15 is 0 Å². The van der Waals surface area contributed by atoms with E-state index in [1.54, 1.807) is 0 Å². The van der Waals surface area contributed by atoms with Gasteiger partial charge in [0, 0.05) is 6.54 Å². The van der Waals surface area contributed by atoms with E-state index < -0.39 is 18.7 Å². The lowest BCUT2D eigenvalue weighted by Crippen LogP contribution is -2.27. The molecule has 0 aromatic rings. The second-order valence-corrected chi connectivity index (χ2v) is 2.60. The first-order valence-electron chi connectivity index (χ1n) is 4.29. The van der Waals surface area contributed by atoms with Crippen LogP contribution in [0.15, 0.2) is 0 Å². The average Bonchev–Trinajstić information content (AvgIpc) is 2.09. The summed E-state index contributed by atoms with van der Waals surface area (Å²) in [5.74, 6) is -1.15. The smallest absolute Gasteiger partial charge is 0.407 e. The molecule has 0 aliphatic rings. The Hall–Kier alpha value is -1.26. The van der Waals surface area contributed by atoms with Gasteiger partial charge in [0.05, 0.1) is 0 Å². The van der Waals surface area contributed by atoms with Crippen LogP contribution in [0.3, 0.4) is 0 Å². The number of carboxylic acid groups (broad SMARTS) is 1. The zero-order chi connectivity index (χ0) is 10.1. The summed E-state index contributed by atoms with van der Waals surface area (Å²) in [7, 11) is 0. The molecule has 5 heteroatoms. The lowest BCUT2D eigenvalue weighted by atomic mass is 10.2. The number of carbonyl (C=O) groups is 2. The number of alkyl carbamates (subject to hydrolysis) is 1. The Balaban J connectivity index is 3.25. The fraction of sp³-hybridized carbons (Fsp3) is 0.750. The van der Waals surface area contributed by atoms with E-state index in [0.717, 1.165) is 19.3 Å². The van der Waals surface area contributed by atoms with Gasteiger partial charge in [-0.2, -0.15) is 0 Å². The lowest BCUT2D eigenvalue weighted by molar-refractivity contribution is -0.140. The minimum Gasteiger partial charge on any atom is -0.479 e. The highest BCUT2D eigenvalue weighted by molar-refractivity contribution is 5.73. The van der Waals surface area contributed by atoms with Crippen molar-refractivity contribution >= 4 is 12.1 Å². The first kappa shape index (κ1) is 11.7. The Morgan fingerprint density at radius 2 is 2.08 bits per heavy atom. The number of nitrogens with one attached hydrogen (secondary N) is 1. The van der Waals surface area contributed by atoms with E-state index in [1.807, 2.05) is 0 Å². The summed E-state index contributed by atoms with van der Waals surface area (Å²) >= 11 is 0. The number of rotatable bonds is 6. The second kappa shape index (κ2) is 7.39. The predicted molar refractivity (Wildman–Crippen MR) is 46.5 cm³/mol. The Morgan fingerprint density at radius 3 is 2.62 bits per heavy atom. The molecule has 0 aliphatic carbocycles. The summed E-state index contributed by atoms with van der Waals surface area (Å²) in [6.45, 7) is 2.01. The molecule has 0 bridgehead atoms. The third kappa shape index (κ3) is 8.65. The van der Waals surface area contributed by atoms with Crippen molar-refractivity contribution in [3.05, 3.63) is 0 Å². The summed E-state index contributed by atoms with van der Waals surface area (Å²) in [5.41, 5.74) is 0. The van der Waals surface area contributed by atoms with Crippen molar-refractivity contribution < 1.29 is 19.4 Å². The Morgan fingerprint density at radius 1 is 1.38 bits per heavy atom. The van der Waals surface area contributed by atoms with Gasteiger partial charge < -0.3 is 15.2 Å². The molecule has 0 fully saturated rings. The molecule has 0 rings (SSSR count). The lowest BCUT2D eigenvalue weighted by Gasteiger charge is -2.03. The molecule has 0 aliphatic heterocycles. The van der Waals surface area contributed by atoms with Gasteiger partial charge in [-0.05, 0) is 6.42 Å². The van der Waals surface area contributed by atoms with E-state index in [-0.39, 0.29) is 0 Å². The fourth-order valence-corrected chi connectivity index (χ4v) is 0.744. The SMILES string of the molecule is CCCCCNC(=O)OCC(=O)O. The van der Waals surface area contributed by atoms with Crippen LogP contribution in [0.2, 0.25) is 0 Å². The summed E-state index contributed by atoms with van der Waals surface area (Å²) in [5, 5.41) is 10.6. The van der Waals surface area contributed by atoms with E-state index in [9.17, 15) is 9.59 Å². The fourth-order valence-electron chi connectivity index (χ4n) is 0.744. The van der Waals surface area contributed by atoms with Crippen LogP contribution >= 0.6 is 0 Å². The molecular formula is C8H15NO4. The molecule has 0 atom stereocenters. The van der Waals surface area contributed by atoms with E-state index in [4.69, 9.17) is 5.11 Å². The molecule has 0 heterocycles. The Kier molecular flexibility index (Phi) is 6.68. The zero-order valence-electron chi connectivity index (χ0n) is 7.71. The molecule has 0 unspecified atom stereocenters. The molecule has 0 aromatic carbocycles. The van der Waals surface area contributed by atoms with Crippen LogP contribution in [0.25, 0.3) is 0 Å². The van der Waals surface area contributed by atoms with Crippen LogP contribution in [-0.4, -0.2) is 30.3 Å². The normalized spacial score (nSPS) is 9.31. The van der Waals surface area contributed by atoms with E-state index in [1.165, 1.54) is 0 Å². The maximum atomic E-state index is 10.7. The predicted octanol–water partition coefficient (Wildman–Crippen LogP) is 0.987. The standard InChI is InChI=1S/C8H15NO4/c1-2-3-4-5-9-8(12)13-6-7(10)11/h2-6H2,1H3,(H,9,12)(H,10,11). The molecule has 2 N–H and O–H groups in total. The third-order valence-electron chi connectivity index (χ3n) is 1.38. The van der Waals surface area contributed by atoms with Crippen LogP contribution in [0.1, 0.15) is 26.2 Å². The van der Waals surface area contributed by atoms with Crippen molar-refractivity contribution in [2.45, 2.75) is 26.2 Å².